The molecule has 0 aliphatic heterocycles. The minimum Gasteiger partial charge on any atom is -0.460 e. The molecular weight excluding hydrogens is 340 g/mol. The first kappa shape index (κ1) is 16.2. The highest BCUT2D eigenvalue weighted by Crippen LogP contribution is 2.28. The number of nitrogens with one attached hydrogen (secondary N) is 2. The molecule has 0 saturated carbocycles. The van der Waals surface area contributed by atoms with Gasteiger partial charge in [0.15, 0.2) is 23.2 Å². The second-order valence-electron chi connectivity index (χ2n) is 5.16. The molecule has 2 aromatic heterocycles. The summed E-state index contributed by atoms with van der Waals surface area (Å²) in [7, 11) is -4.11. The smallest absolute Gasteiger partial charge is 0.263 e. The van der Waals surface area contributed by atoms with E-state index in [1.54, 1.807) is 26.0 Å². The Balaban J connectivity index is 1.93. The van der Waals surface area contributed by atoms with Gasteiger partial charge in [-0.25, -0.2) is 17.2 Å². The number of aryl methyl sites for hydroxylation is 1. The van der Waals surface area contributed by atoms with Gasteiger partial charge in [0.1, 0.15) is 11.5 Å². The normalized spacial score (nSPS) is 11.7. The molecule has 126 valence electrons. The van der Waals surface area contributed by atoms with Crippen LogP contribution < -0.4 is 4.72 Å². The first-order chi connectivity index (χ1) is 11.3. The second kappa shape index (κ2) is 5.75. The molecule has 1 aromatic carbocycles. The number of furan rings is 1. The maximum absolute atomic E-state index is 13.3. The molecule has 0 unspecified atom stereocenters. The van der Waals surface area contributed by atoms with Crippen molar-refractivity contribution in [3.05, 3.63) is 53.3 Å². The zero-order valence-electron chi connectivity index (χ0n) is 12.7. The van der Waals surface area contributed by atoms with E-state index in [-0.39, 0.29) is 5.82 Å². The van der Waals surface area contributed by atoms with E-state index in [0.717, 1.165) is 12.1 Å². The SMILES string of the molecule is Cc1ccc(-c2[nH]nc(NS(=O)(=O)c3ccc(F)c(F)c3)c2C)o1. The van der Waals surface area contributed by atoms with Gasteiger partial charge in [-0.1, -0.05) is 0 Å². The Morgan fingerprint density at radius 2 is 1.88 bits per heavy atom. The lowest BCUT2D eigenvalue weighted by Crippen LogP contribution is -2.14. The van der Waals surface area contributed by atoms with Crippen molar-refractivity contribution < 1.29 is 21.6 Å². The summed E-state index contributed by atoms with van der Waals surface area (Å²) in [5, 5.41) is 6.60. The molecule has 0 saturated heterocycles. The summed E-state index contributed by atoms with van der Waals surface area (Å²) < 4.78 is 58.5. The Hall–Kier alpha value is -2.68. The molecule has 9 heteroatoms. The number of sulfonamides is 1. The van der Waals surface area contributed by atoms with Gasteiger partial charge in [-0.2, -0.15) is 5.10 Å². The van der Waals surface area contributed by atoms with Crippen LogP contribution in [0.4, 0.5) is 14.6 Å². The molecule has 0 radical (unpaired) electrons. The summed E-state index contributed by atoms with van der Waals surface area (Å²) in [4.78, 5) is -0.404. The summed E-state index contributed by atoms with van der Waals surface area (Å²) in [6.45, 7) is 3.43. The number of aromatic amines is 1. The Morgan fingerprint density at radius 1 is 1.12 bits per heavy atom. The van der Waals surface area contributed by atoms with E-state index in [1.807, 2.05) is 0 Å². The van der Waals surface area contributed by atoms with Crippen LogP contribution in [0.15, 0.2) is 39.6 Å². The monoisotopic (exact) mass is 353 g/mol. The molecule has 6 nitrogen and oxygen atoms in total. The van der Waals surface area contributed by atoms with E-state index in [1.165, 1.54) is 0 Å². The fourth-order valence-corrected chi connectivity index (χ4v) is 3.21. The zero-order valence-corrected chi connectivity index (χ0v) is 13.5. The molecule has 3 aromatic rings. The summed E-state index contributed by atoms with van der Waals surface area (Å²) in [6, 6.07) is 5.82. The predicted molar refractivity (Wildman–Crippen MR) is 82.9 cm³/mol. The van der Waals surface area contributed by atoms with Gasteiger partial charge in [-0.05, 0) is 44.2 Å². The summed E-state index contributed by atoms with van der Waals surface area (Å²) in [5.41, 5.74) is 1.03. The third-order valence-electron chi connectivity index (χ3n) is 3.43. The quantitative estimate of drug-likeness (QED) is 0.753. The van der Waals surface area contributed by atoms with Crippen LogP contribution in [0.1, 0.15) is 11.3 Å². The van der Waals surface area contributed by atoms with Crippen LogP contribution in [-0.2, 0) is 10.0 Å². The number of H-pyrrole nitrogens is 1. The van der Waals surface area contributed by atoms with Gasteiger partial charge >= 0.3 is 0 Å². The molecule has 2 heterocycles. The highest BCUT2D eigenvalue weighted by Gasteiger charge is 2.21. The molecular formula is C15H13F2N3O3S. The van der Waals surface area contributed by atoms with Crippen molar-refractivity contribution in [1.29, 1.82) is 0 Å². The number of anilines is 1. The van der Waals surface area contributed by atoms with Gasteiger partial charge in [0, 0.05) is 5.56 Å². The van der Waals surface area contributed by atoms with Gasteiger partial charge < -0.3 is 4.42 Å². The molecule has 0 aliphatic rings. The van der Waals surface area contributed by atoms with Gasteiger partial charge in [-0.3, -0.25) is 9.82 Å². The topological polar surface area (TPSA) is 88.0 Å². The van der Waals surface area contributed by atoms with Crippen LogP contribution in [0.3, 0.4) is 0 Å². The van der Waals surface area contributed by atoms with Crippen LogP contribution in [0.25, 0.3) is 11.5 Å². The van der Waals surface area contributed by atoms with Crippen molar-refractivity contribution in [2.75, 3.05) is 4.72 Å². The summed E-state index contributed by atoms with van der Waals surface area (Å²) in [6.07, 6.45) is 0. The van der Waals surface area contributed by atoms with Crippen molar-refractivity contribution >= 4 is 15.8 Å². The highest BCUT2D eigenvalue weighted by atomic mass is 32.2. The first-order valence-corrected chi connectivity index (χ1v) is 8.36. The maximum atomic E-state index is 13.3. The molecule has 3 rings (SSSR count). The van der Waals surface area contributed by atoms with Gasteiger partial charge in [0.05, 0.1) is 4.90 Å². The third kappa shape index (κ3) is 2.90. The van der Waals surface area contributed by atoms with Gasteiger partial charge in [0.2, 0.25) is 0 Å². The Morgan fingerprint density at radius 3 is 2.50 bits per heavy atom. The van der Waals surface area contributed by atoms with Crippen LogP contribution in [-0.4, -0.2) is 18.6 Å². The van der Waals surface area contributed by atoms with Crippen molar-refractivity contribution in [1.82, 2.24) is 10.2 Å². The van der Waals surface area contributed by atoms with Crippen molar-refractivity contribution in [2.45, 2.75) is 18.7 Å². The maximum Gasteiger partial charge on any atom is 0.263 e. The van der Waals surface area contributed by atoms with Crippen molar-refractivity contribution in [3.63, 3.8) is 0 Å². The molecule has 0 amide bonds. The Kier molecular flexibility index (Phi) is 3.88. The number of hydrogen-bond donors (Lipinski definition) is 2. The van der Waals surface area contributed by atoms with Gasteiger partial charge in [0.25, 0.3) is 10.0 Å². The minimum atomic E-state index is -4.11. The van der Waals surface area contributed by atoms with E-state index >= 15 is 0 Å². The standard InChI is InChI=1S/C15H13F2N3O3S/c1-8-3-6-13(23-8)14-9(2)15(19-18-14)20-24(21,22)10-4-5-11(16)12(17)7-10/h3-7H,1-2H3,(H2,18,19,20). The lowest BCUT2D eigenvalue weighted by atomic mass is 10.2. The van der Waals surface area contributed by atoms with E-state index < -0.39 is 26.6 Å². The molecule has 24 heavy (non-hydrogen) atoms. The molecule has 0 atom stereocenters. The van der Waals surface area contributed by atoms with E-state index in [2.05, 4.69) is 14.9 Å². The molecule has 2 N–H and O–H groups in total. The third-order valence-corrected chi connectivity index (χ3v) is 4.77. The number of benzene rings is 1. The molecule has 0 aliphatic carbocycles. The number of nitrogens with zero attached hydrogens (tertiary/aromatic N) is 1. The van der Waals surface area contributed by atoms with E-state index in [0.29, 0.717) is 28.8 Å². The summed E-state index contributed by atoms with van der Waals surface area (Å²) >= 11 is 0. The zero-order chi connectivity index (χ0) is 17.5. The Bertz CT molecular complexity index is 1010. The van der Waals surface area contributed by atoms with E-state index in [4.69, 9.17) is 4.42 Å². The summed E-state index contributed by atoms with van der Waals surface area (Å²) in [5.74, 6) is -1.12. The van der Waals surface area contributed by atoms with Crippen molar-refractivity contribution in [3.8, 4) is 11.5 Å². The molecule has 0 fully saturated rings. The fourth-order valence-electron chi connectivity index (χ4n) is 2.14. The first-order valence-electron chi connectivity index (χ1n) is 6.87. The number of rotatable bonds is 4. The molecule has 0 spiro atoms. The predicted octanol–water partition coefficient (Wildman–Crippen LogP) is 3.37. The minimum absolute atomic E-state index is 0.0452. The van der Waals surface area contributed by atoms with Crippen LogP contribution >= 0.6 is 0 Å². The van der Waals surface area contributed by atoms with Gasteiger partial charge in [-0.15, -0.1) is 0 Å². The highest BCUT2D eigenvalue weighted by molar-refractivity contribution is 7.92. The average molecular weight is 353 g/mol. The lowest BCUT2D eigenvalue weighted by Gasteiger charge is -2.07. The number of halogens is 2. The van der Waals surface area contributed by atoms with Crippen LogP contribution in [0.5, 0.6) is 0 Å². The number of aromatic nitrogens is 2. The van der Waals surface area contributed by atoms with Crippen LogP contribution in [0, 0.1) is 25.5 Å². The Labute approximate surface area is 136 Å². The average Bonchev–Trinajstić information content (AvgIpc) is 3.08. The fraction of sp³-hybridized carbons (Fsp3) is 0.133. The number of hydrogen-bond acceptors (Lipinski definition) is 4. The lowest BCUT2D eigenvalue weighted by molar-refractivity contribution is 0.504. The largest absolute Gasteiger partial charge is 0.460 e. The van der Waals surface area contributed by atoms with Crippen LogP contribution in [0.2, 0.25) is 0 Å². The second-order valence-corrected chi connectivity index (χ2v) is 6.85. The molecule has 0 bridgehead atoms. The van der Waals surface area contributed by atoms with Crippen molar-refractivity contribution in [2.24, 2.45) is 0 Å². The van der Waals surface area contributed by atoms with E-state index in [9.17, 15) is 17.2 Å².